The van der Waals surface area contributed by atoms with Gasteiger partial charge in [-0.15, -0.1) is 0 Å². The molecule has 20 heavy (non-hydrogen) atoms. The first-order valence-electron chi connectivity index (χ1n) is 6.56. The average molecular weight is 353 g/mol. The first-order valence-corrected chi connectivity index (χ1v) is 7.73. The van der Waals surface area contributed by atoms with Gasteiger partial charge in [-0.3, -0.25) is 0 Å². The molecule has 1 N–H and O–H groups in total. The predicted molar refractivity (Wildman–Crippen MR) is 86.8 cm³/mol. The molecule has 0 heterocycles. The minimum absolute atomic E-state index is 0.340. The lowest BCUT2D eigenvalue weighted by Gasteiger charge is -2.16. The third-order valence-corrected chi connectivity index (χ3v) is 4.74. The highest BCUT2D eigenvalue weighted by Crippen LogP contribution is 2.38. The summed E-state index contributed by atoms with van der Waals surface area (Å²) in [4.78, 5) is 0. The van der Waals surface area contributed by atoms with Gasteiger partial charge in [-0.2, -0.15) is 0 Å². The monoisotopic (exact) mass is 351 g/mol. The summed E-state index contributed by atoms with van der Waals surface area (Å²) in [5.74, 6) is 0.701. The highest BCUT2D eigenvalue weighted by molar-refractivity contribution is 9.10. The standard InChI is InChI=1S/C16H15BrClNO/c1-20-16-8-5-10(9-14(16)18)19-15-7-6-11-12(15)3-2-4-13(11)17/h2-5,8-9,15,19H,6-7H2,1H3. The van der Waals surface area contributed by atoms with E-state index in [2.05, 4.69) is 39.4 Å². The molecule has 3 rings (SSSR count). The molecule has 0 fully saturated rings. The topological polar surface area (TPSA) is 21.3 Å². The van der Waals surface area contributed by atoms with E-state index in [1.54, 1.807) is 7.11 Å². The van der Waals surface area contributed by atoms with Crippen LogP contribution < -0.4 is 10.1 Å². The third-order valence-electron chi connectivity index (χ3n) is 3.71. The third kappa shape index (κ3) is 2.52. The lowest BCUT2D eigenvalue weighted by Crippen LogP contribution is -2.07. The van der Waals surface area contributed by atoms with E-state index >= 15 is 0 Å². The quantitative estimate of drug-likeness (QED) is 0.818. The second-order valence-corrected chi connectivity index (χ2v) is 6.15. The molecule has 0 bridgehead atoms. The zero-order valence-corrected chi connectivity index (χ0v) is 13.5. The molecule has 2 nitrogen and oxygen atoms in total. The number of anilines is 1. The van der Waals surface area contributed by atoms with Crippen molar-refractivity contribution in [3.63, 3.8) is 0 Å². The van der Waals surface area contributed by atoms with E-state index in [1.807, 2.05) is 18.2 Å². The number of rotatable bonds is 3. The van der Waals surface area contributed by atoms with Gasteiger partial charge in [0.05, 0.1) is 18.2 Å². The van der Waals surface area contributed by atoms with Crippen LogP contribution in [0.5, 0.6) is 5.75 Å². The van der Waals surface area contributed by atoms with Crippen molar-refractivity contribution in [2.45, 2.75) is 18.9 Å². The minimum Gasteiger partial charge on any atom is -0.495 e. The molecule has 1 aliphatic carbocycles. The number of benzene rings is 2. The van der Waals surface area contributed by atoms with E-state index < -0.39 is 0 Å². The van der Waals surface area contributed by atoms with Crippen molar-refractivity contribution in [1.82, 2.24) is 0 Å². The van der Waals surface area contributed by atoms with Crippen LogP contribution in [-0.4, -0.2) is 7.11 Å². The number of nitrogens with one attached hydrogen (secondary N) is 1. The molecule has 0 saturated carbocycles. The van der Waals surface area contributed by atoms with E-state index in [0.717, 1.165) is 18.5 Å². The van der Waals surface area contributed by atoms with Crippen molar-refractivity contribution in [1.29, 1.82) is 0 Å². The highest BCUT2D eigenvalue weighted by atomic mass is 79.9. The molecular weight excluding hydrogens is 338 g/mol. The maximum atomic E-state index is 6.17. The smallest absolute Gasteiger partial charge is 0.137 e. The number of methoxy groups -OCH3 is 1. The van der Waals surface area contributed by atoms with Gasteiger partial charge in [-0.05, 0) is 48.2 Å². The Kier molecular flexibility index (Phi) is 3.90. The van der Waals surface area contributed by atoms with Gasteiger partial charge in [-0.1, -0.05) is 39.7 Å². The Morgan fingerprint density at radius 1 is 1.30 bits per heavy atom. The van der Waals surface area contributed by atoms with Crippen LogP contribution in [0.2, 0.25) is 5.02 Å². The fourth-order valence-corrected chi connectivity index (χ4v) is 3.55. The Morgan fingerprint density at radius 3 is 2.90 bits per heavy atom. The van der Waals surface area contributed by atoms with Gasteiger partial charge in [-0.25, -0.2) is 0 Å². The lowest BCUT2D eigenvalue weighted by atomic mass is 10.1. The first-order chi connectivity index (χ1) is 9.69. The van der Waals surface area contributed by atoms with Crippen LogP contribution in [0.15, 0.2) is 40.9 Å². The molecule has 1 unspecified atom stereocenters. The zero-order valence-electron chi connectivity index (χ0n) is 11.1. The SMILES string of the molecule is COc1ccc(NC2CCc3c(Br)cccc32)cc1Cl. The van der Waals surface area contributed by atoms with Crippen molar-refractivity contribution in [3.05, 3.63) is 57.0 Å². The summed E-state index contributed by atoms with van der Waals surface area (Å²) in [5, 5.41) is 4.19. The van der Waals surface area contributed by atoms with E-state index in [9.17, 15) is 0 Å². The molecule has 1 aliphatic rings. The van der Waals surface area contributed by atoms with Gasteiger partial charge in [0.15, 0.2) is 0 Å². The largest absolute Gasteiger partial charge is 0.495 e. The van der Waals surface area contributed by atoms with Crippen molar-refractivity contribution in [2.75, 3.05) is 12.4 Å². The van der Waals surface area contributed by atoms with Crippen LogP contribution in [0, 0.1) is 0 Å². The summed E-state index contributed by atoms with van der Waals surface area (Å²) in [6.45, 7) is 0. The van der Waals surface area contributed by atoms with Crippen LogP contribution in [0.1, 0.15) is 23.6 Å². The van der Waals surface area contributed by atoms with E-state index in [0.29, 0.717) is 16.8 Å². The average Bonchev–Trinajstić information content (AvgIpc) is 2.84. The molecule has 0 spiro atoms. The van der Waals surface area contributed by atoms with Crippen LogP contribution in [0.3, 0.4) is 0 Å². The van der Waals surface area contributed by atoms with Crippen LogP contribution in [0.4, 0.5) is 5.69 Å². The molecule has 0 saturated heterocycles. The number of ether oxygens (including phenoxy) is 1. The number of halogens is 2. The molecule has 104 valence electrons. The summed E-state index contributed by atoms with van der Waals surface area (Å²) in [6.07, 6.45) is 2.19. The lowest BCUT2D eigenvalue weighted by molar-refractivity contribution is 0.415. The Balaban J connectivity index is 1.84. The molecule has 4 heteroatoms. The van der Waals surface area contributed by atoms with Gasteiger partial charge in [0.1, 0.15) is 5.75 Å². The van der Waals surface area contributed by atoms with Gasteiger partial charge >= 0.3 is 0 Å². The summed E-state index contributed by atoms with van der Waals surface area (Å²) >= 11 is 9.79. The fraction of sp³-hybridized carbons (Fsp3) is 0.250. The Labute approximate surface area is 132 Å². The van der Waals surface area contributed by atoms with Crippen molar-refractivity contribution in [3.8, 4) is 5.75 Å². The number of hydrogen-bond acceptors (Lipinski definition) is 2. The fourth-order valence-electron chi connectivity index (χ4n) is 2.72. The normalized spacial score (nSPS) is 16.9. The Bertz CT molecular complexity index is 644. The van der Waals surface area contributed by atoms with E-state index in [-0.39, 0.29) is 0 Å². The summed E-state index contributed by atoms with van der Waals surface area (Å²) in [7, 11) is 1.62. The van der Waals surface area contributed by atoms with E-state index in [1.165, 1.54) is 15.6 Å². The van der Waals surface area contributed by atoms with Gasteiger partial charge < -0.3 is 10.1 Å². The second-order valence-electron chi connectivity index (χ2n) is 4.89. The Hall–Kier alpha value is -1.19. The van der Waals surface area contributed by atoms with Gasteiger partial charge in [0, 0.05) is 10.2 Å². The minimum atomic E-state index is 0.340. The summed E-state index contributed by atoms with van der Waals surface area (Å²) < 4.78 is 6.38. The molecule has 2 aromatic carbocycles. The highest BCUT2D eigenvalue weighted by Gasteiger charge is 2.23. The predicted octanol–water partition coefficient (Wildman–Crippen LogP) is 5.21. The van der Waals surface area contributed by atoms with Crippen LogP contribution >= 0.6 is 27.5 Å². The zero-order chi connectivity index (χ0) is 14.1. The van der Waals surface area contributed by atoms with Gasteiger partial charge in [0.2, 0.25) is 0 Å². The van der Waals surface area contributed by atoms with Crippen molar-refractivity contribution < 1.29 is 4.74 Å². The number of hydrogen-bond donors (Lipinski definition) is 1. The van der Waals surface area contributed by atoms with E-state index in [4.69, 9.17) is 16.3 Å². The molecule has 1 atom stereocenters. The second kappa shape index (κ2) is 5.66. The molecule has 2 aromatic rings. The maximum absolute atomic E-state index is 6.17. The van der Waals surface area contributed by atoms with Crippen LogP contribution in [-0.2, 0) is 6.42 Å². The summed E-state index contributed by atoms with van der Waals surface area (Å²) in [6, 6.07) is 12.5. The number of fused-ring (bicyclic) bond motifs is 1. The van der Waals surface area contributed by atoms with Crippen molar-refractivity contribution >= 4 is 33.2 Å². The molecular formula is C16H15BrClNO. The molecule has 0 radical (unpaired) electrons. The summed E-state index contributed by atoms with van der Waals surface area (Å²) in [5.41, 5.74) is 3.80. The van der Waals surface area contributed by atoms with Gasteiger partial charge in [0.25, 0.3) is 0 Å². The first kappa shape index (κ1) is 13.8. The maximum Gasteiger partial charge on any atom is 0.137 e. The molecule has 0 amide bonds. The Morgan fingerprint density at radius 2 is 2.15 bits per heavy atom. The molecule has 0 aliphatic heterocycles. The molecule has 0 aromatic heterocycles. The van der Waals surface area contributed by atoms with Crippen LogP contribution in [0.25, 0.3) is 0 Å². The van der Waals surface area contributed by atoms with Crippen molar-refractivity contribution in [2.24, 2.45) is 0 Å².